The first kappa shape index (κ1) is 12.0. The molecule has 0 aromatic rings. The average Bonchev–Trinajstić information content (AvgIpc) is 2.93. The minimum absolute atomic E-state index is 0.102. The molecule has 0 bridgehead atoms. The van der Waals surface area contributed by atoms with Crippen LogP contribution in [-0.2, 0) is 4.79 Å². The molecule has 2 aliphatic heterocycles. The average molecular weight is 225 g/mol. The lowest BCUT2D eigenvalue weighted by molar-refractivity contribution is -0.120. The highest BCUT2D eigenvalue weighted by Gasteiger charge is 2.38. The fourth-order valence-corrected chi connectivity index (χ4v) is 3.06. The van der Waals surface area contributed by atoms with Gasteiger partial charge in [0.1, 0.15) is 6.29 Å². The van der Waals surface area contributed by atoms with Crippen molar-refractivity contribution in [2.45, 2.75) is 44.7 Å². The lowest BCUT2D eigenvalue weighted by Gasteiger charge is -2.35. The normalized spacial score (nSPS) is 37.0. The van der Waals surface area contributed by atoms with Crippen LogP contribution in [-0.4, -0.2) is 48.0 Å². The van der Waals surface area contributed by atoms with E-state index in [9.17, 15) is 4.79 Å². The van der Waals surface area contributed by atoms with Crippen molar-refractivity contribution in [3.63, 3.8) is 0 Å². The molecule has 2 fully saturated rings. The largest absolute Gasteiger partial charge is 0.329 e. The Balaban J connectivity index is 2.04. The third kappa shape index (κ3) is 2.14. The summed E-state index contributed by atoms with van der Waals surface area (Å²) in [5.41, 5.74) is 5.84. The van der Waals surface area contributed by atoms with Crippen molar-refractivity contribution in [3.8, 4) is 0 Å². The number of hydrazine groups is 1. The van der Waals surface area contributed by atoms with Crippen LogP contribution >= 0.6 is 0 Å². The molecular weight excluding hydrogens is 202 g/mol. The molecule has 2 aliphatic rings. The molecule has 92 valence electrons. The number of hydrogen-bond donors (Lipinski definition) is 1. The van der Waals surface area contributed by atoms with E-state index in [-0.39, 0.29) is 6.04 Å². The van der Waals surface area contributed by atoms with Gasteiger partial charge in [-0.2, -0.15) is 0 Å². The fraction of sp³-hybridized carbons (Fsp3) is 0.917. The van der Waals surface area contributed by atoms with Crippen LogP contribution in [0.1, 0.15) is 32.6 Å². The standard InChI is InChI=1S/C12H23N3O/c1-2-10-6-12(7-13)15(8-10)14-5-3-4-11(14)9-16/h9-12H,2-8,13H2,1H3/t10-,11+,12+/m1/s1. The van der Waals surface area contributed by atoms with Crippen molar-refractivity contribution >= 4 is 6.29 Å². The number of rotatable bonds is 4. The van der Waals surface area contributed by atoms with Gasteiger partial charge in [0.05, 0.1) is 6.04 Å². The highest BCUT2D eigenvalue weighted by Crippen LogP contribution is 2.30. The van der Waals surface area contributed by atoms with Gasteiger partial charge in [-0.3, -0.25) is 0 Å². The Morgan fingerprint density at radius 1 is 1.44 bits per heavy atom. The smallest absolute Gasteiger partial charge is 0.138 e. The first-order valence-electron chi connectivity index (χ1n) is 6.48. The first-order chi connectivity index (χ1) is 7.80. The van der Waals surface area contributed by atoms with E-state index in [0.717, 1.165) is 38.1 Å². The van der Waals surface area contributed by atoms with Crippen LogP contribution in [0.15, 0.2) is 0 Å². The number of hydrogen-bond acceptors (Lipinski definition) is 4. The van der Waals surface area contributed by atoms with Gasteiger partial charge in [0.2, 0.25) is 0 Å². The van der Waals surface area contributed by atoms with Gasteiger partial charge in [-0.15, -0.1) is 0 Å². The Hall–Kier alpha value is -0.450. The summed E-state index contributed by atoms with van der Waals surface area (Å²) in [7, 11) is 0. The summed E-state index contributed by atoms with van der Waals surface area (Å²) in [6.45, 7) is 5.06. The fourth-order valence-electron chi connectivity index (χ4n) is 3.06. The maximum Gasteiger partial charge on any atom is 0.138 e. The van der Waals surface area contributed by atoms with Crippen LogP contribution < -0.4 is 5.73 Å². The Bertz CT molecular complexity index is 246. The highest BCUT2D eigenvalue weighted by molar-refractivity contribution is 5.57. The summed E-state index contributed by atoms with van der Waals surface area (Å²) < 4.78 is 0. The second kappa shape index (κ2) is 5.25. The summed E-state index contributed by atoms with van der Waals surface area (Å²) >= 11 is 0. The molecule has 0 saturated carbocycles. The minimum atomic E-state index is 0.102. The van der Waals surface area contributed by atoms with E-state index in [2.05, 4.69) is 16.9 Å². The van der Waals surface area contributed by atoms with E-state index < -0.39 is 0 Å². The molecule has 2 rings (SSSR count). The van der Waals surface area contributed by atoms with Crippen molar-refractivity contribution in [1.82, 2.24) is 10.0 Å². The van der Waals surface area contributed by atoms with Crippen LogP contribution in [0, 0.1) is 5.92 Å². The number of nitrogens with zero attached hydrogens (tertiary/aromatic N) is 2. The summed E-state index contributed by atoms with van der Waals surface area (Å²) in [5.74, 6) is 0.751. The van der Waals surface area contributed by atoms with E-state index in [1.165, 1.54) is 12.8 Å². The summed E-state index contributed by atoms with van der Waals surface area (Å²) in [5, 5.41) is 4.64. The Kier molecular flexibility index (Phi) is 3.95. The van der Waals surface area contributed by atoms with E-state index in [0.29, 0.717) is 12.6 Å². The molecular formula is C12H23N3O. The molecule has 0 aromatic carbocycles. The molecule has 3 atom stereocenters. The first-order valence-corrected chi connectivity index (χ1v) is 6.48. The minimum Gasteiger partial charge on any atom is -0.329 e. The highest BCUT2D eigenvalue weighted by atomic mass is 16.1. The molecule has 0 radical (unpaired) electrons. The molecule has 16 heavy (non-hydrogen) atoms. The number of carbonyl (C=O) groups is 1. The quantitative estimate of drug-likeness (QED) is 0.713. The molecule has 2 N–H and O–H groups in total. The molecule has 0 unspecified atom stereocenters. The molecule has 4 nitrogen and oxygen atoms in total. The molecule has 0 aromatic heterocycles. The summed E-state index contributed by atoms with van der Waals surface area (Å²) in [6, 6.07) is 0.551. The maximum atomic E-state index is 11.0. The van der Waals surface area contributed by atoms with Crippen molar-refractivity contribution in [2.75, 3.05) is 19.6 Å². The van der Waals surface area contributed by atoms with Crippen LogP contribution in [0.25, 0.3) is 0 Å². The van der Waals surface area contributed by atoms with Gasteiger partial charge >= 0.3 is 0 Å². The van der Waals surface area contributed by atoms with Crippen molar-refractivity contribution in [1.29, 1.82) is 0 Å². The van der Waals surface area contributed by atoms with Gasteiger partial charge in [-0.25, -0.2) is 10.0 Å². The molecule has 0 spiro atoms. The second-order valence-corrected chi connectivity index (χ2v) is 5.03. The Labute approximate surface area is 97.7 Å². The van der Waals surface area contributed by atoms with Gasteiger partial charge in [0, 0.05) is 25.7 Å². The third-order valence-corrected chi connectivity index (χ3v) is 4.08. The zero-order chi connectivity index (χ0) is 11.5. The summed E-state index contributed by atoms with van der Waals surface area (Å²) in [4.78, 5) is 11.0. The molecule has 4 heteroatoms. The van der Waals surface area contributed by atoms with Gasteiger partial charge in [0.25, 0.3) is 0 Å². The van der Waals surface area contributed by atoms with Gasteiger partial charge in [-0.05, 0) is 25.2 Å². The van der Waals surface area contributed by atoms with Crippen molar-refractivity contribution in [3.05, 3.63) is 0 Å². The predicted octanol–water partition coefficient (Wildman–Crippen LogP) is 0.624. The maximum absolute atomic E-state index is 11.0. The monoisotopic (exact) mass is 225 g/mol. The van der Waals surface area contributed by atoms with E-state index in [4.69, 9.17) is 5.73 Å². The van der Waals surface area contributed by atoms with Crippen LogP contribution in [0.3, 0.4) is 0 Å². The Morgan fingerprint density at radius 3 is 2.88 bits per heavy atom. The lowest BCUT2D eigenvalue weighted by Crippen LogP contribution is -2.50. The molecule has 0 aliphatic carbocycles. The molecule has 2 saturated heterocycles. The van der Waals surface area contributed by atoms with E-state index >= 15 is 0 Å². The molecule has 2 heterocycles. The SMILES string of the molecule is CC[C@@H]1C[C@@H](CN)N(N2CCC[C@H]2C=O)C1. The summed E-state index contributed by atoms with van der Waals surface area (Å²) in [6.07, 6.45) is 5.64. The number of aldehydes is 1. The number of nitrogens with two attached hydrogens (primary N) is 1. The topological polar surface area (TPSA) is 49.6 Å². The third-order valence-electron chi connectivity index (χ3n) is 4.08. The molecule has 0 amide bonds. The predicted molar refractivity (Wildman–Crippen MR) is 63.7 cm³/mol. The van der Waals surface area contributed by atoms with Gasteiger partial charge in [0.15, 0.2) is 0 Å². The van der Waals surface area contributed by atoms with Crippen LogP contribution in [0.4, 0.5) is 0 Å². The lowest BCUT2D eigenvalue weighted by atomic mass is 10.0. The van der Waals surface area contributed by atoms with Crippen LogP contribution in [0.2, 0.25) is 0 Å². The Morgan fingerprint density at radius 2 is 2.25 bits per heavy atom. The zero-order valence-electron chi connectivity index (χ0n) is 10.1. The second-order valence-electron chi connectivity index (χ2n) is 5.03. The van der Waals surface area contributed by atoms with Crippen LogP contribution in [0.5, 0.6) is 0 Å². The van der Waals surface area contributed by atoms with Crippen molar-refractivity contribution < 1.29 is 4.79 Å². The number of carbonyl (C=O) groups excluding carboxylic acids is 1. The van der Waals surface area contributed by atoms with Gasteiger partial charge in [-0.1, -0.05) is 13.3 Å². The van der Waals surface area contributed by atoms with E-state index in [1.807, 2.05) is 0 Å². The van der Waals surface area contributed by atoms with Crippen molar-refractivity contribution in [2.24, 2.45) is 11.7 Å². The zero-order valence-corrected chi connectivity index (χ0v) is 10.1. The van der Waals surface area contributed by atoms with E-state index in [1.54, 1.807) is 0 Å². The van der Waals surface area contributed by atoms with Gasteiger partial charge < -0.3 is 10.5 Å².